The van der Waals surface area contributed by atoms with Crippen LogP contribution in [0.25, 0.3) is 0 Å². The molecule has 0 heterocycles. The van der Waals surface area contributed by atoms with E-state index in [-0.39, 0.29) is 19.5 Å². The minimum Gasteiger partial charge on any atom is -0.447 e. The zero-order chi connectivity index (χ0) is 10.5. The van der Waals surface area contributed by atoms with Crippen LogP contribution in [-0.4, -0.2) is 29.5 Å². The van der Waals surface area contributed by atoms with E-state index in [0.717, 1.165) is 0 Å². The van der Waals surface area contributed by atoms with Crippen molar-refractivity contribution in [1.82, 2.24) is 0 Å². The Kier molecular flexibility index (Phi) is 14.1. The first-order chi connectivity index (χ1) is 6.91. The Hall–Kier alpha value is 0.571. The molecule has 0 saturated heterocycles. The Balaban J connectivity index is 2.78. The topological polar surface area (TPSA) is 18.5 Å². The fraction of sp³-hybridized carbons (Fsp3) is 1.00. The fourth-order valence-corrected chi connectivity index (χ4v) is 5.41. The van der Waals surface area contributed by atoms with Gasteiger partial charge < -0.3 is 8.23 Å². The van der Waals surface area contributed by atoms with Gasteiger partial charge in [-0.15, -0.1) is 0 Å². The van der Waals surface area contributed by atoms with Crippen LogP contribution < -0.4 is 0 Å². The van der Waals surface area contributed by atoms with Crippen LogP contribution in [0.1, 0.15) is 45.4 Å². The van der Waals surface area contributed by atoms with Gasteiger partial charge in [-0.2, -0.15) is 0 Å². The van der Waals surface area contributed by atoms with Gasteiger partial charge in [-0.1, -0.05) is 52.0 Å². The van der Waals surface area contributed by atoms with Crippen LogP contribution >= 0.6 is 0 Å². The summed E-state index contributed by atoms with van der Waals surface area (Å²) in [6, 6.07) is 1.37. The molecule has 14 heavy (non-hydrogen) atoms. The molecule has 5 heteroatoms. The van der Waals surface area contributed by atoms with Gasteiger partial charge in [0.15, 0.2) is 0 Å². The fourth-order valence-electron chi connectivity index (χ4n) is 1.36. The van der Waals surface area contributed by atoms with Crippen molar-refractivity contribution in [3.63, 3.8) is 0 Å². The third kappa shape index (κ3) is 12.6. The Morgan fingerprint density at radius 2 is 1.64 bits per heavy atom. The van der Waals surface area contributed by atoms with E-state index in [1.807, 2.05) is 0 Å². The van der Waals surface area contributed by atoms with Gasteiger partial charge in [0.25, 0.3) is 10.0 Å². The van der Waals surface area contributed by atoms with Crippen molar-refractivity contribution >= 4 is 29.5 Å². The highest BCUT2D eigenvalue weighted by Crippen LogP contribution is 2.06. The molecule has 0 spiro atoms. The largest absolute Gasteiger partial charge is 0.447 e. The molecule has 0 N–H and O–H groups in total. The van der Waals surface area contributed by atoms with Crippen LogP contribution in [0.3, 0.4) is 0 Å². The quantitative estimate of drug-likeness (QED) is 0.403. The Bertz CT molecular complexity index is 92.1. The molecule has 0 bridgehead atoms. The number of hydrogen-bond acceptors (Lipinski definition) is 2. The molecule has 2 nitrogen and oxygen atoms in total. The third-order valence-corrected chi connectivity index (χ3v) is 7.17. The van der Waals surface area contributed by atoms with E-state index in [0.29, 0.717) is 0 Å². The summed E-state index contributed by atoms with van der Waals surface area (Å²) < 4.78 is 11.0. The molecular formula is C9H26O2Si3. The lowest BCUT2D eigenvalue weighted by atomic mass is 10.1. The molecule has 0 rings (SSSR count). The molecule has 0 aromatic rings. The minimum absolute atomic E-state index is 0.181. The summed E-state index contributed by atoms with van der Waals surface area (Å²) in [5, 5.41) is 0. The van der Waals surface area contributed by atoms with Crippen molar-refractivity contribution in [3.8, 4) is 0 Å². The molecule has 0 aliphatic carbocycles. The second kappa shape index (κ2) is 13.6. The van der Waals surface area contributed by atoms with Crippen molar-refractivity contribution in [3.05, 3.63) is 0 Å². The summed E-state index contributed by atoms with van der Waals surface area (Å²) in [6.45, 7) is 4.44. The van der Waals surface area contributed by atoms with Gasteiger partial charge in [0.05, 0.1) is 0 Å². The maximum Gasteiger partial charge on any atom is 0.283 e. The summed E-state index contributed by atoms with van der Waals surface area (Å²) in [4.78, 5) is 0. The number of unbranched alkanes of at least 4 members (excludes halogenated alkanes) is 5. The predicted molar refractivity (Wildman–Crippen MR) is 71.8 cm³/mol. The van der Waals surface area contributed by atoms with Gasteiger partial charge in [0.2, 0.25) is 0 Å². The van der Waals surface area contributed by atoms with Crippen LogP contribution in [0.2, 0.25) is 12.6 Å². The van der Waals surface area contributed by atoms with Gasteiger partial charge in [0, 0.05) is 0 Å². The summed E-state index contributed by atoms with van der Waals surface area (Å²) in [5.41, 5.74) is 0. The molecular weight excluding hydrogens is 224 g/mol. The van der Waals surface area contributed by atoms with Gasteiger partial charge in [0.1, 0.15) is 19.5 Å². The van der Waals surface area contributed by atoms with Crippen molar-refractivity contribution in [2.45, 2.75) is 58.0 Å². The van der Waals surface area contributed by atoms with E-state index in [9.17, 15) is 0 Å². The minimum atomic E-state index is -0.513. The summed E-state index contributed by atoms with van der Waals surface area (Å²) in [7, 11) is -0.883. The zero-order valence-electron chi connectivity index (χ0n) is 9.89. The first-order valence-electron chi connectivity index (χ1n) is 6.07. The monoisotopic (exact) mass is 250 g/mol. The average molecular weight is 251 g/mol. The normalized spacial score (nSPS) is 13.3. The van der Waals surface area contributed by atoms with Crippen molar-refractivity contribution in [2.24, 2.45) is 0 Å². The highest BCUT2D eigenvalue weighted by Gasteiger charge is 1.92. The summed E-state index contributed by atoms with van der Waals surface area (Å²) in [5.74, 6) is 0. The van der Waals surface area contributed by atoms with E-state index >= 15 is 0 Å². The highest BCUT2D eigenvalue weighted by atomic mass is 28.4. The van der Waals surface area contributed by atoms with E-state index in [1.54, 1.807) is 0 Å². The van der Waals surface area contributed by atoms with Gasteiger partial charge in [-0.05, 0) is 6.04 Å². The first-order valence-corrected chi connectivity index (χ1v) is 10.8. The lowest BCUT2D eigenvalue weighted by molar-refractivity contribution is 0.491. The van der Waals surface area contributed by atoms with Crippen LogP contribution in [0, 0.1) is 0 Å². The second-order valence-electron chi connectivity index (χ2n) is 3.64. The second-order valence-corrected chi connectivity index (χ2v) is 8.83. The van der Waals surface area contributed by atoms with Crippen LogP contribution in [0.5, 0.6) is 0 Å². The summed E-state index contributed by atoms with van der Waals surface area (Å²) >= 11 is 0. The van der Waals surface area contributed by atoms with E-state index in [2.05, 4.69) is 13.5 Å². The van der Waals surface area contributed by atoms with E-state index in [1.165, 1.54) is 44.6 Å². The molecule has 0 fully saturated rings. The van der Waals surface area contributed by atoms with Gasteiger partial charge in [-0.25, -0.2) is 0 Å². The molecule has 0 saturated carbocycles. The molecule has 0 aliphatic rings. The molecule has 0 radical (unpaired) electrons. The third-order valence-electron chi connectivity index (χ3n) is 2.26. The van der Waals surface area contributed by atoms with Crippen LogP contribution in [0.4, 0.5) is 0 Å². The molecule has 86 valence electrons. The molecule has 0 aromatic carbocycles. The maximum atomic E-state index is 5.59. The van der Waals surface area contributed by atoms with Gasteiger partial charge >= 0.3 is 0 Å². The van der Waals surface area contributed by atoms with Crippen molar-refractivity contribution in [2.75, 3.05) is 0 Å². The molecule has 0 amide bonds. The summed E-state index contributed by atoms with van der Waals surface area (Å²) in [6.07, 6.45) is 8.43. The predicted octanol–water partition coefficient (Wildman–Crippen LogP) is 1.01. The SMILES string of the molecule is CCCCCCCC[SiH2]O[SiH2]O[SiH2]C. The number of hydrogen-bond donors (Lipinski definition) is 0. The number of rotatable bonds is 11. The van der Waals surface area contributed by atoms with Crippen molar-refractivity contribution < 1.29 is 8.23 Å². The average Bonchev–Trinajstić information content (AvgIpc) is 2.21. The Morgan fingerprint density at radius 1 is 0.929 bits per heavy atom. The van der Waals surface area contributed by atoms with E-state index in [4.69, 9.17) is 8.23 Å². The van der Waals surface area contributed by atoms with Crippen molar-refractivity contribution in [1.29, 1.82) is 0 Å². The first kappa shape index (κ1) is 14.6. The Morgan fingerprint density at radius 3 is 2.36 bits per heavy atom. The van der Waals surface area contributed by atoms with Crippen LogP contribution in [-0.2, 0) is 8.23 Å². The molecule has 0 atom stereocenters. The van der Waals surface area contributed by atoms with E-state index < -0.39 is 10.0 Å². The lowest BCUT2D eigenvalue weighted by Gasteiger charge is -2.03. The standard InChI is InChI=1S/C9H26O2Si3/c1-3-4-5-6-7-8-9-13-11-14-10-12-2/h3-9,12-14H2,1-2H3. The maximum absolute atomic E-state index is 5.59. The van der Waals surface area contributed by atoms with Gasteiger partial charge in [-0.3, -0.25) is 0 Å². The Labute approximate surface area is 96.1 Å². The zero-order valence-corrected chi connectivity index (χ0v) is 14.1. The smallest absolute Gasteiger partial charge is 0.283 e. The molecule has 0 aliphatic heterocycles. The lowest BCUT2D eigenvalue weighted by Crippen LogP contribution is -2.09. The molecule has 0 unspecified atom stereocenters. The molecule has 0 aromatic heterocycles. The highest BCUT2D eigenvalue weighted by molar-refractivity contribution is 6.44. The van der Waals surface area contributed by atoms with Crippen LogP contribution in [0.15, 0.2) is 0 Å².